The average molecular weight is 399 g/mol. The fourth-order valence-corrected chi connectivity index (χ4v) is 5.50. The molecule has 0 bridgehead atoms. The summed E-state index contributed by atoms with van der Waals surface area (Å²) in [6, 6.07) is 22.0. The average Bonchev–Trinajstić information content (AvgIpc) is 3.15. The predicted molar refractivity (Wildman–Crippen MR) is 124 cm³/mol. The number of carbonyl (C=O) groups excluding carboxylic acids is 1. The quantitative estimate of drug-likeness (QED) is 0.611. The highest BCUT2D eigenvalue weighted by atomic mass is 16.1. The molecule has 0 saturated carbocycles. The molecule has 1 fully saturated rings. The molecule has 0 aromatic heterocycles. The van der Waals surface area contributed by atoms with Crippen LogP contribution in [0, 0.1) is 0 Å². The van der Waals surface area contributed by atoms with E-state index in [1.165, 1.54) is 59.8 Å². The van der Waals surface area contributed by atoms with E-state index in [2.05, 4.69) is 64.8 Å². The third-order valence-electron chi connectivity index (χ3n) is 7.00. The SMILES string of the molecule is CC(=O)Nc1ccc2c(c1)C(CN1CCC(c3cccc4ccccc34)CC1)CC2. The zero-order chi connectivity index (χ0) is 20.5. The number of nitrogens with zero attached hydrogens (tertiary/aromatic N) is 1. The van der Waals surface area contributed by atoms with Crippen LogP contribution in [-0.2, 0) is 11.2 Å². The number of hydrogen-bond acceptors (Lipinski definition) is 2. The van der Waals surface area contributed by atoms with E-state index in [4.69, 9.17) is 0 Å². The van der Waals surface area contributed by atoms with Crippen molar-refractivity contribution < 1.29 is 4.79 Å². The molecule has 30 heavy (non-hydrogen) atoms. The first-order chi connectivity index (χ1) is 14.7. The Balaban J connectivity index is 1.25. The van der Waals surface area contributed by atoms with Crippen LogP contribution in [0.2, 0.25) is 0 Å². The lowest BCUT2D eigenvalue weighted by atomic mass is 9.86. The summed E-state index contributed by atoms with van der Waals surface area (Å²) in [5.41, 5.74) is 5.36. The van der Waals surface area contributed by atoms with Crippen molar-refractivity contribution in [3.63, 3.8) is 0 Å². The minimum absolute atomic E-state index is 0.00000478. The highest BCUT2D eigenvalue weighted by molar-refractivity contribution is 5.89. The summed E-state index contributed by atoms with van der Waals surface area (Å²) >= 11 is 0. The maximum atomic E-state index is 11.4. The molecule has 1 aliphatic carbocycles. The van der Waals surface area contributed by atoms with Crippen molar-refractivity contribution in [2.45, 2.75) is 44.4 Å². The Morgan fingerprint density at radius 3 is 2.60 bits per heavy atom. The van der Waals surface area contributed by atoms with Gasteiger partial charge in [0.15, 0.2) is 0 Å². The van der Waals surface area contributed by atoms with Gasteiger partial charge in [0.25, 0.3) is 0 Å². The second kappa shape index (κ2) is 8.23. The highest BCUT2D eigenvalue weighted by Gasteiger charge is 2.28. The van der Waals surface area contributed by atoms with Gasteiger partial charge >= 0.3 is 0 Å². The molecular formula is C27H30N2O. The highest BCUT2D eigenvalue weighted by Crippen LogP contribution is 2.38. The molecule has 3 aromatic rings. The standard InChI is InChI=1S/C27H30N2O/c1-19(30)28-24-12-11-21-9-10-23(27(21)17-24)18-29-15-13-22(14-16-29)26-8-4-6-20-5-2-3-7-25(20)26/h2-8,11-12,17,22-23H,9-10,13-16,18H2,1H3,(H,28,30). The number of benzene rings is 3. The summed E-state index contributed by atoms with van der Waals surface area (Å²) in [6.07, 6.45) is 4.86. The summed E-state index contributed by atoms with van der Waals surface area (Å²) in [5.74, 6) is 1.25. The van der Waals surface area contributed by atoms with Gasteiger partial charge in [-0.3, -0.25) is 4.79 Å². The summed E-state index contributed by atoms with van der Waals surface area (Å²) in [7, 11) is 0. The normalized spacial score (nSPS) is 19.7. The largest absolute Gasteiger partial charge is 0.326 e. The Bertz CT molecular complexity index is 1060. The third kappa shape index (κ3) is 3.87. The number of aryl methyl sites for hydroxylation is 1. The molecule has 2 aliphatic rings. The molecule has 5 rings (SSSR count). The lowest BCUT2D eigenvalue weighted by Gasteiger charge is -2.34. The van der Waals surface area contributed by atoms with E-state index < -0.39 is 0 Å². The maximum absolute atomic E-state index is 11.4. The van der Waals surface area contributed by atoms with Gasteiger partial charge in [-0.05, 0) is 90.2 Å². The Morgan fingerprint density at radius 2 is 1.77 bits per heavy atom. The number of piperidine rings is 1. The molecule has 3 nitrogen and oxygen atoms in total. The number of carbonyl (C=O) groups is 1. The molecule has 1 unspecified atom stereocenters. The molecule has 1 heterocycles. The maximum Gasteiger partial charge on any atom is 0.221 e. The van der Waals surface area contributed by atoms with Crippen molar-refractivity contribution in [3.05, 3.63) is 77.4 Å². The Hall–Kier alpha value is -2.65. The van der Waals surface area contributed by atoms with Crippen LogP contribution in [0.4, 0.5) is 5.69 Å². The van der Waals surface area contributed by atoms with Crippen LogP contribution in [0.15, 0.2) is 60.7 Å². The van der Waals surface area contributed by atoms with Crippen molar-refractivity contribution >= 4 is 22.4 Å². The van der Waals surface area contributed by atoms with Gasteiger partial charge in [-0.1, -0.05) is 48.5 Å². The molecule has 1 amide bonds. The lowest BCUT2D eigenvalue weighted by Crippen LogP contribution is -2.35. The van der Waals surface area contributed by atoms with Crippen LogP contribution in [0.3, 0.4) is 0 Å². The monoisotopic (exact) mass is 398 g/mol. The fraction of sp³-hybridized carbons (Fsp3) is 0.370. The van der Waals surface area contributed by atoms with Crippen molar-refractivity contribution in [1.82, 2.24) is 4.90 Å². The molecule has 0 spiro atoms. The number of rotatable bonds is 4. The molecule has 3 heteroatoms. The van der Waals surface area contributed by atoms with Gasteiger partial charge in [-0.25, -0.2) is 0 Å². The second-order valence-corrected chi connectivity index (χ2v) is 8.97. The molecule has 1 N–H and O–H groups in total. The van der Waals surface area contributed by atoms with Gasteiger partial charge in [0, 0.05) is 19.2 Å². The lowest BCUT2D eigenvalue weighted by molar-refractivity contribution is -0.114. The smallest absolute Gasteiger partial charge is 0.221 e. The van der Waals surface area contributed by atoms with E-state index in [1.54, 1.807) is 6.92 Å². The van der Waals surface area contributed by atoms with Crippen molar-refractivity contribution in [1.29, 1.82) is 0 Å². The van der Waals surface area contributed by atoms with Crippen molar-refractivity contribution in [2.75, 3.05) is 25.0 Å². The van der Waals surface area contributed by atoms with Crippen LogP contribution in [0.25, 0.3) is 10.8 Å². The first-order valence-electron chi connectivity index (χ1n) is 11.3. The summed E-state index contributed by atoms with van der Waals surface area (Å²) in [4.78, 5) is 14.1. The summed E-state index contributed by atoms with van der Waals surface area (Å²) in [6.45, 7) is 5.06. The molecule has 154 valence electrons. The second-order valence-electron chi connectivity index (χ2n) is 8.97. The first-order valence-corrected chi connectivity index (χ1v) is 11.3. The Morgan fingerprint density at radius 1 is 0.967 bits per heavy atom. The van der Waals surface area contributed by atoms with E-state index in [-0.39, 0.29) is 5.91 Å². The van der Waals surface area contributed by atoms with Crippen LogP contribution < -0.4 is 5.32 Å². The fourth-order valence-electron chi connectivity index (χ4n) is 5.50. The molecule has 1 aliphatic heterocycles. The van der Waals surface area contributed by atoms with E-state index in [0.717, 1.165) is 18.7 Å². The van der Waals surface area contributed by atoms with Gasteiger partial charge in [0.2, 0.25) is 5.91 Å². The Labute approximate surface area is 179 Å². The van der Waals surface area contributed by atoms with Crippen LogP contribution in [0.5, 0.6) is 0 Å². The molecular weight excluding hydrogens is 368 g/mol. The minimum Gasteiger partial charge on any atom is -0.326 e. The van der Waals surface area contributed by atoms with Gasteiger partial charge in [-0.15, -0.1) is 0 Å². The molecule has 0 radical (unpaired) electrons. The van der Waals surface area contributed by atoms with E-state index in [0.29, 0.717) is 11.8 Å². The molecule has 3 aromatic carbocycles. The van der Waals surface area contributed by atoms with Crippen molar-refractivity contribution in [3.8, 4) is 0 Å². The number of anilines is 1. The third-order valence-corrected chi connectivity index (χ3v) is 7.00. The van der Waals surface area contributed by atoms with E-state index in [1.807, 2.05) is 6.07 Å². The van der Waals surface area contributed by atoms with Crippen LogP contribution in [0.1, 0.15) is 54.7 Å². The zero-order valence-corrected chi connectivity index (χ0v) is 17.7. The topological polar surface area (TPSA) is 32.3 Å². The van der Waals surface area contributed by atoms with Crippen molar-refractivity contribution in [2.24, 2.45) is 0 Å². The number of nitrogens with one attached hydrogen (secondary N) is 1. The number of likely N-dealkylation sites (tertiary alicyclic amines) is 1. The molecule has 1 atom stereocenters. The minimum atomic E-state index is 0.00000478. The van der Waals surface area contributed by atoms with Gasteiger partial charge in [-0.2, -0.15) is 0 Å². The zero-order valence-electron chi connectivity index (χ0n) is 17.7. The summed E-state index contributed by atoms with van der Waals surface area (Å²) < 4.78 is 0. The summed E-state index contributed by atoms with van der Waals surface area (Å²) in [5, 5.41) is 5.73. The van der Waals surface area contributed by atoms with Gasteiger partial charge in [0.05, 0.1) is 0 Å². The number of fused-ring (bicyclic) bond motifs is 2. The van der Waals surface area contributed by atoms with E-state index >= 15 is 0 Å². The molecule has 1 saturated heterocycles. The number of amides is 1. The first kappa shape index (κ1) is 19.3. The van der Waals surface area contributed by atoms with Crippen LogP contribution >= 0.6 is 0 Å². The predicted octanol–water partition coefficient (Wildman–Crippen LogP) is 5.71. The van der Waals surface area contributed by atoms with Gasteiger partial charge in [0.1, 0.15) is 0 Å². The van der Waals surface area contributed by atoms with Gasteiger partial charge < -0.3 is 10.2 Å². The number of hydrogen-bond donors (Lipinski definition) is 1. The van der Waals surface area contributed by atoms with Crippen LogP contribution in [-0.4, -0.2) is 30.4 Å². The van der Waals surface area contributed by atoms with E-state index in [9.17, 15) is 4.79 Å². The Kier molecular flexibility index (Phi) is 5.30.